The summed E-state index contributed by atoms with van der Waals surface area (Å²) in [5, 5.41) is 17.2. The van der Waals surface area contributed by atoms with E-state index >= 15 is 0 Å². The van der Waals surface area contributed by atoms with Crippen molar-refractivity contribution < 1.29 is 36.7 Å². The molecule has 1 saturated heterocycles. The van der Waals surface area contributed by atoms with E-state index in [0.717, 1.165) is 25.0 Å². The van der Waals surface area contributed by atoms with Crippen LogP contribution in [0.3, 0.4) is 0 Å². The van der Waals surface area contributed by atoms with Crippen molar-refractivity contribution in [2.45, 2.75) is 70.0 Å². The van der Waals surface area contributed by atoms with Crippen LogP contribution in [0.15, 0.2) is 65.6 Å². The van der Waals surface area contributed by atoms with Gasteiger partial charge in [-0.2, -0.15) is 0 Å². The molecule has 3 amide bonds. The summed E-state index contributed by atoms with van der Waals surface area (Å²) in [4.78, 5) is 42.4. The Morgan fingerprint density at radius 3 is 2.25 bits per heavy atom. The molecule has 1 aliphatic rings. The van der Waals surface area contributed by atoms with Crippen molar-refractivity contribution in [2.24, 2.45) is 0 Å². The number of piperazine rings is 1. The van der Waals surface area contributed by atoms with E-state index in [2.05, 4.69) is 10.6 Å². The van der Waals surface area contributed by atoms with Crippen LogP contribution in [0, 0.1) is 25.5 Å². The van der Waals surface area contributed by atoms with Crippen molar-refractivity contribution in [3.63, 3.8) is 0 Å². The SMILES string of the molecule is CCCN(CCC)C(=O)c1cc(C)cc(C(=O)N[C@@H](Cc2cc(F)cc(F)c2)[C@H](O)[C@@H]2NCCN(S(=O)(=O)c3ccccc3C)C2=O)c1. The number of amides is 3. The van der Waals surface area contributed by atoms with Gasteiger partial charge in [0.15, 0.2) is 0 Å². The zero-order valence-electron chi connectivity index (χ0n) is 27.5. The van der Waals surface area contributed by atoms with Crippen molar-refractivity contribution in [1.29, 1.82) is 0 Å². The van der Waals surface area contributed by atoms with Gasteiger partial charge in [-0.25, -0.2) is 21.5 Å². The Morgan fingerprint density at radius 2 is 1.62 bits per heavy atom. The number of aryl methyl sites for hydroxylation is 2. The second-order valence-electron chi connectivity index (χ2n) is 12.0. The van der Waals surface area contributed by atoms with Gasteiger partial charge in [0.05, 0.1) is 17.0 Å². The maximum absolute atomic E-state index is 14.2. The van der Waals surface area contributed by atoms with Crippen molar-refractivity contribution >= 4 is 27.7 Å². The van der Waals surface area contributed by atoms with Gasteiger partial charge in [-0.05, 0) is 86.2 Å². The summed E-state index contributed by atoms with van der Waals surface area (Å²) in [6.07, 6.45) is -0.542. The van der Waals surface area contributed by atoms with Gasteiger partial charge in [0.25, 0.3) is 27.7 Å². The first-order valence-electron chi connectivity index (χ1n) is 16.0. The number of aliphatic hydroxyl groups is 1. The first-order chi connectivity index (χ1) is 22.8. The lowest BCUT2D eigenvalue weighted by atomic mass is 9.94. The highest BCUT2D eigenvalue weighted by molar-refractivity contribution is 7.89. The van der Waals surface area contributed by atoms with Crippen LogP contribution in [0.2, 0.25) is 0 Å². The average Bonchev–Trinajstić information content (AvgIpc) is 3.03. The normalized spacial score (nSPS) is 16.4. The summed E-state index contributed by atoms with van der Waals surface area (Å²) in [7, 11) is -4.29. The highest BCUT2D eigenvalue weighted by Gasteiger charge is 2.43. The number of benzene rings is 3. The number of hydrogen-bond acceptors (Lipinski definition) is 7. The number of nitrogens with one attached hydrogen (secondary N) is 2. The van der Waals surface area contributed by atoms with Crippen molar-refractivity contribution in [1.82, 2.24) is 19.8 Å². The van der Waals surface area contributed by atoms with Crippen LogP contribution in [-0.2, 0) is 21.2 Å². The molecule has 48 heavy (non-hydrogen) atoms. The zero-order valence-corrected chi connectivity index (χ0v) is 28.3. The Hall–Kier alpha value is -4.20. The molecule has 10 nitrogen and oxygen atoms in total. The molecule has 13 heteroatoms. The van der Waals surface area contributed by atoms with Crippen LogP contribution in [0.25, 0.3) is 0 Å². The number of carbonyl (C=O) groups excluding carboxylic acids is 3. The number of rotatable bonds is 13. The summed E-state index contributed by atoms with van der Waals surface area (Å²) in [5.74, 6) is -3.65. The van der Waals surface area contributed by atoms with Crippen molar-refractivity contribution in [3.05, 3.63) is 100 Å². The predicted octanol–water partition coefficient (Wildman–Crippen LogP) is 3.74. The molecule has 0 saturated carbocycles. The topological polar surface area (TPSA) is 136 Å². The summed E-state index contributed by atoms with van der Waals surface area (Å²) < 4.78 is 56.1. The van der Waals surface area contributed by atoms with E-state index in [9.17, 15) is 36.7 Å². The molecular formula is C35H42F2N4O6S. The number of sulfonamides is 1. The number of carbonyl (C=O) groups is 3. The third kappa shape index (κ3) is 8.44. The maximum atomic E-state index is 14.2. The van der Waals surface area contributed by atoms with E-state index in [1.165, 1.54) is 18.2 Å². The van der Waals surface area contributed by atoms with Crippen molar-refractivity contribution in [3.8, 4) is 0 Å². The molecule has 3 N–H and O–H groups in total. The predicted molar refractivity (Wildman–Crippen MR) is 177 cm³/mol. The quantitative estimate of drug-likeness (QED) is 0.250. The lowest BCUT2D eigenvalue weighted by Gasteiger charge is -2.37. The summed E-state index contributed by atoms with van der Waals surface area (Å²) in [6.45, 7) is 8.15. The molecule has 0 unspecified atom stereocenters. The van der Waals surface area contributed by atoms with Crippen LogP contribution in [0.1, 0.15) is 64.1 Å². The van der Waals surface area contributed by atoms with Gasteiger partial charge in [-0.3, -0.25) is 14.4 Å². The molecule has 0 aliphatic carbocycles. The Morgan fingerprint density at radius 1 is 1.00 bits per heavy atom. The second-order valence-corrected chi connectivity index (χ2v) is 13.9. The minimum atomic E-state index is -4.29. The summed E-state index contributed by atoms with van der Waals surface area (Å²) in [6, 6.07) is 10.8. The van der Waals surface area contributed by atoms with Crippen LogP contribution in [0.4, 0.5) is 8.78 Å². The highest BCUT2D eigenvalue weighted by Crippen LogP contribution is 2.24. The van der Waals surface area contributed by atoms with Gasteiger partial charge < -0.3 is 20.6 Å². The van der Waals surface area contributed by atoms with E-state index in [4.69, 9.17) is 0 Å². The van der Waals surface area contributed by atoms with Gasteiger partial charge in [-0.1, -0.05) is 32.0 Å². The highest BCUT2D eigenvalue weighted by atomic mass is 32.2. The van der Waals surface area contributed by atoms with Crippen molar-refractivity contribution in [2.75, 3.05) is 26.2 Å². The summed E-state index contributed by atoms with van der Waals surface area (Å²) in [5.41, 5.74) is 1.54. The zero-order chi connectivity index (χ0) is 35.2. The standard InChI is InChI=1S/C35H42F2N4O6S/c1-5-12-40(13-6-2)34(44)26-16-22(3)15-25(20-26)33(43)39-29(19-24-17-27(36)21-28(37)18-24)32(42)31-35(45)41(14-11-38-31)48(46,47)30-10-8-7-9-23(30)4/h7-10,15-18,20-21,29,31-32,38,42H,5-6,11-14,19H2,1-4H3,(H,39,43)/t29-,31-,32-/m0/s1. The Kier molecular flexibility index (Phi) is 12.1. The molecule has 4 rings (SSSR count). The summed E-state index contributed by atoms with van der Waals surface area (Å²) >= 11 is 0. The largest absolute Gasteiger partial charge is 0.389 e. The Balaban J connectivity index is 1.66. The molecule has 3 aromatic rings. The van der Waals surface area contributed by atoms with Crippen LogP contribution in [-0.4, -0.2) is 84.8 Å². The molecule has 0 bridgehead atoms. The Bertz CT molecular complexity index is 1740. The van der Waals surface area contributed by atoms with Gasteiger partial charge in [0.1, 0.15) is 17.7 Å². The van der Waals surface area contributed by atoms with E-state index in [0.29, 0.717) is 40.2 Å². The van der Waals surface area contributed by atoms with Gasteiger partial charge in [-0.15, -0.1) is 0 Å². The Labute approximate surface area is 280 Å². The maximum Gasteiger partial charge on any atom is 0.266 e. The number of aliphatic hydroxyl groups excluding tert-OH is 1. The first-order valence-corrected chi connectivity index (χ1v) is 17.4. The molecule has 1 fully saturated rings. The van der Waals surface area contributed by atoms with E-state index in [1.54, 1.807) is 43.0 Å². The van der Waals surface area contributed by atoms with Gasteiger partial charge in [0.2, 0.25) is 0 Å². The first kappa shape index (κ1) is 36.6. The number of hydrogen-bond donors (Lipinski definition) is 3. The molecule has 0 aromatic heterocycles. The number of nitrogens with zero attached hydrogens (tertiary/aromatic N) is 2. The van der Waals surface area contributed by atoms with Crippen LogP contribution < -0.4 is 10.6 Å². The minimum Gasteiger partial charge on any atom is -0.389 e. The lowest BCUT2D eigenvalue weighted by molar-refractivity contribution is -0.134. The molecule has 1 heterocycles. The molecule has 258 valence electrons. The molecule has 0 radical (unpaired) electrons. The third-order valence-electron chi connectivity index (χ3n) is 8.16. The second kappa shape index (κ2) is 15.8. The molecule has 1 aliphatic heterocycles. The van der Waals surface area contributed by atoms with Crippen LogP contribution in [0.5, 0.6) is 0 Å². The average molecular weight is 685 g/mol. The van der Waals surface area contributed by atoms with E-state index < -0.39 is 51.7 Å². The number of halogens is 2. The fourth-order valence-electron chi connectivity index (χ4n) is 5.94. The smallest absolute Gasteiger partial charge is 0.266 e. The lowest BCUT2D eigenvalue weighted by Crippen LogP contribution is -2.64. The molecule has 0 spiro atoms. The monoisotopic (exact) mass is 684 g/mol. The fourth-order valence-corrected chi connectivity index (χ4v) is 7.59. The third-order valence-corrected chi connectivity index (χ3v) is 10.1. The fraction of sp³-hybridized carbons (Fsp3) is 0.400. The molecular weight excluding hydrogens is 642 g/mol. The van der Waals surface area contributed by atoms with E-state index in [-0.39, 0.29) is 41.4 Å². The van der Waals surface area contributed by atoms with Gasteiger partial charge in [0, 0.05) is 43.4 Å². The molecule has 3 aromatic carbocycles. The van der Waals surface area contributed by atoms with E-state index in [1.807, 2.05) is 13.8 Å². The molecule has 3 atom stereocenters. The minimum absolute atomic E-state index is 0.00318. The van der Waals surface area contributed by atoms with Gasteiger partial charge >= 0.3 is 0 Å². The van der Waals surface area contributed by atoms with Crippen LogP contribution >= 0.6 is 0 Å².